The summed E-state index contributed by atoms with van der Waals surface area (Å²) in [6.45, 7) is 2.64. The lowest BCUT2D eigenvalue weighted by molar-refractivity contribution is 0.311. The molecule has 0 heterocycles. The molecule has 1 unspecified atom stereocenters. The van der Waals surface area contributed by atoms with Crippen LogP contribution in [0.15, 0.2) is 59.7 Å². The van der Waals surface area contributed by atoms with E-state index in [0.717, 1.165) is 34.0 Å². The van der Waals surface area contributed by atoms with Gasteiger partial charge in [-0.25, -0.2) is 4.39 Å². The molecule has 1 aliphatic carbocycles. The number of anilines is 4. The van der Waals surface area contributed by atoms with Crippen LogP contribution in [-0.2, 0) is 0 Å². The molecule has 0 saturated heterocycles. The van der Waals surface area contributed by atoms with Gasteiger partial charge in [0.15, 0.2) is 0 Å². The Morgan fingerprint density at radius 2 is 1.79 bits per heavy atom. The summed E-state index contributed by atoms with van der Waals surface area (Å²) in [4.78, 5) is 0. The van der Waals surface area contributed by atoms with Crippen LogP contribution >= 0.6 is 0 Å². The van der Waals surface area contributed by atoms with Crippen molar-refractivity contribution in [2.45, 2.75) is 25.9 Å². The number of hydrazone groups is 1. The van der Waals surface area contributed by atoms with Gasteiger partial charge in [0.25, 0.3) is 0 Å². The van der Waals surface area contributed by atoms with Gasteiger partial charge in [0, 0.05) is 12.2 Å². The van der Waals surface area contributed by atoms with Crippen LogP contribution in [0.1, 0.15) is 18.4 Å². The predicted octanol–water partition coefficient (Wildman–Crippen LogP) is 4.29. The van der Waals surface area contributed by atoms with Gasteiger partial charge < -0.3 is 21.3 Å². The van der Waals surface area contributed by atoms with E-state index in [1.807, 2.05) is 49.4 Å². The summed E-state index contributed by atoms with van der Waals surface area (Å²) in [7, 11) is 0. The maximum absolute atomic E-state index is 13.1. The van der Waals surface area contributed by atoms with Crippen LogP contribution in [0, 0.1) is 6.92 Å². The van der Waals surface area contributed by atoms with Crippen LogP contribution in [0.4, 0.5) is 27.1 Å². The largest absolute Gasteiger partial charge is 0.395 e. The molecule has 148 valence electrons. The number of nitrogens with one attached hydrogen (secondary N) is 4. The smallest absolute Gasteiger partial charge is 0.119 e. The van der Waals surface area contributed by atoms with Gasteiger partial charge in [-0.15, -0.1) is 0 Å². The van der Waals surface area contributed by atoms with Crippen molar-refractivity contribution in [1.29, 1.82) is 0 Å². The van der Waals surface area contributed by atoms with E-state index in [1.54, 1.807) is 12.2 Å². The minimum Gasteiger partial charge on any atom is -0.395 e. The fraction of sp³-hybridized carbons (Fsp3) is 0.286. The first-order valence-electron chi connectivity index (χ1n) is 9.36. The van der Waals surface area contributed by atoms with E-state index in [0.29, 0.717) is 19.4 Å². The number of allylic oxidation sites excluding steroid dienone is 2. The molecule has 0 bridgehead atoms. The summed E-state index contributed by atoms with van der Waals surface area (Å²) in [5.74, 6) is 0. The van der Waals surface area contributed by atoms with Crippen LogP contribution in [0.25, 0.3) is 0 Å². The standard InChI is InChI=1S/C21H26FN5O/c1-15-14-20(26-24-19-8-6-17(7-9-19)23-12-13-28)10-11-21(15)27-25-18-4-2-16(22)3-5-18/h2,4,6-11,14,16,23-24,26-28H,3,5,12-13H2,1H3/b25-18-. The molecule has 5 N–H and O–H groups in total. The Kier molecular flexibility index (Phi) is 6.86. The second-order valence-electron chi connectivity index (χ2n) is 6.64. The summed E-state index contributed by atoms with van der Waals surface area (Å²) < 4.78 is 13.1. The zero-order chi connectivity index (χ0) is 19.8. The Morgan fingerprint density at radius 3 is 2.46 bits per heavy atom. The number of rotatable bonds is 8. The van der Waals surface area contributed by atoms with Crippen LogP contribution in [-0.4, -0.2) is 30.1 Å². The lowest BCUT2D eigenvalue weighted by Gasteiger charge is -2.14. The van der Waals surface area contributed by atoms with Gasteiger partial charge >= 0.3 is 0 Å². The molecule has 0 amide bonds. The van der Waals surface area contributed by atoms with E-state index < -0.39 is 6.17 Å². The molecule has 1 aliphatic rings. The summed E-state index contributed by atoms with van der Waals surface area (Å²) in [5.41, 5.74) is 15.0. The molecule has 0 radical (unpaired) electrons. The average molecular weight is 383 g/mol. The highest BCUT2D eigenvalue weighted by Crippen LogP contribution is 2.21. The highest BCUT2D eigenvalue weighted by molar-refractivity contribution is 5.96. The van der Waals surface area contributed by atoms with Gasteiger partial charge in [0.2, 0.25) is 0 Å². The number of hydrogen-bond acceptors (Lipinski definition) is 6. The number of nitrogens with zero attached hydrogens (tertiary/aromatic N) is 1. The van der Waals surface area contributed by atoms with E-state index in [1.165, 1.54) is 0 Å². The molecule has 1 atom stereocenters. The van der Waals surface area contributed by atoms with Crippen LogP contribution < -0.4 is 21.6 Å². The van der Waals surface area contributed by atoms with Crippen molar-refractivity contribution in [2.75, 3.05) is 34.7 Å². The number of halogens is 1. The summed E-state index contributed by atoms with van der Waals surface area (Å²) >= 11 is 0. The van der Waals surface area contributed by atoms with E-state index in [4.69, 9.17) is 5.11 Å². The molecule has 2 aromatic rings. The third-order valence-corrected chi connectivity index (χ3v) is 4.40. The number of aliphatic hydroxyl groups excluding tert-OH is 1. The minimum absolute atomic E-state index is 0.104. The van der Waals surface area contributed by atoms with Gasteiger partial charge in [-0.05, 0) is 79.9 Å². The van der Waals surface area contributed by atoms with Crippen molar-refractivity contribution in [3.8, 4) is 0 Å². The van der Waals surface area contributed by atoms with Crippen LogP contribution in [0.3, 0.4) is 0 Å². The SMILES string of the molecule is Cc1cc(NNc2ccc(NCCO)cc2)ccc1N/N=C1/C=CC(F)CC1. The van der Waals surface area contributed by atoms with Crippen molar-refractivity contribution in [2.24, 2.45) is 5.10 Å². The normalized spacial score (nSPS) is 17.4. The number of alkyl halides is 1. The molecular weight excluding hydrogens is 357 g/mol. The minimum atomic E-state index is -0.855. The molecule has 0 aromatic heterocycles. The predicted molar refractivity (Wildman–Crippen MR) is 115 cm³/mol. The van der Waals surface area contributed by atoms with Crippen LogP contribution in [0.2, 0.25) is 0 Å². The van der Waals surface area contributed by atoms with Crippen LogP contribution in [0.5, 0.6) is 0 Å². The van der Waals surface area contributed by atoms with Crippen molar-refractivity contribution in [1.82, 2.24) is 0 Å². The highest BCUT2D eigenvalue weighted by Gasteiger charge is 2.10. The first kappa shape index (κ1) is 19.7. The summed E-state index contributed by atoms with van der Waals surface area (Å²) in [5, 5.41) is 16.3. The van der Waals surface area contributed by atoms with Crippen molar-refractivity contribution >= 4 is 28.5 Å². The second-order valence-corrected chi connectivity index (χ2v) is 6.64. The highest BCUT2D eigenvalue weighted by atomic mass is 19.1. The summed E-state index contributed by atoms with van der Waals surface area (Å²) in [6.07, 6.45) is 3.56. The quantitative estimate of drug-likeness (QED) is 0.439. The molecule has 2 aromatic carbocycles. The Labute approximate surface area is 164 Å². The molecule has 6 nitrogen and oxygen atoms in total. The van der Waals surface area contributed by atoms with Crippen molar-refractivity contribution in [3.63, 3.8) is 0 Å². The van der Waals surface area contributed by atoms with Crippen molar-refractivity contribution in [3.05, 3.63) is 60.2 Å². The topological polar surface area (TPSA) is 80.7 Å². The Bertz CT molecular complexity index is 835. The van der Waals surface area contributed by atoms with E-state index >= 15 is 0 Å². The molecule has 0 aliphatic heterocycles. The molecule has 3 rings (SSSR count). The van der Waals surface area contributed by atoms with Gasteiger partial charge in [0.1, 0.15) is 6.17 Å². The monoisotopic (exact) mass is 383 g/mol. The molecule has 0 saturated carbocycles. The first-order chi connectivity index (χ1) is 13.6. The molecular formula is C21H26FN5O. The number of aryl methyl sites for hydroxylation is 1. The van der Waals surface area contributed by atoms with Gasteiger partial charge in [-0.2, -0.15) is 5.10 Å². The molecule has 28 heavy (non-hydrogen) atoms. The van der Waals surface area contributed by atoms with E-state index in [9.17, 15) is 4.39 Å². The zero-order valence-electron chi connectivity index (χ0n) is 15.9. The average Bonchev–Trinajstić information content (AvgIpc) is 2.72. The van der Waals surface area contributed by atoms with Gasteiger partial charge in [-0.3, -0.25) is 5.43 Å². The Morgan fingerprint density at radius 1 is 1.07 bits per heavy atom. The molecule has 7 heteroatoms. The van der Waals surface area contributed by atoms with E-state index in [-0.39, 0.29) is 6.61 Å². The van der Waals surface area contributed by atoms with Gasteiger partial charge in [0.05, 0.1) is 29.4 Å². The zero-order valence-corrected chi connectivity index (χ0v) is 15.9. The Balaban J connectivity index is 1.54. The maximum atomic E-state index is 13.1. The Hall–Kier alpha value is -3.06. The van der Waals surface area contributed by atoms with Crippen molar-refractivity contribution < 1.29 is 9.50 Å². The van der Waals surface area contributed by atoms with E-state index in [2.05, 4.69) is 26.7 Å². The third-order valence-electron chi connectivity index (χ3n) is 4.40. The summed E-state index contributed by atoms with van der Waals surface area (Å²) in [6, 6.07) is 13.7. The van der Waals surface area contributed by atoms with Gasteiger partial charge in [-0.1, -0.05) is 0 Å². The lowest BCUT2D eigenvalue weighted by Crippen LogP contribution is -2.10. The molecule has 0 spiro atoms. The maximum Gasteiger partial charge on any atom is 0.119 e. The number of hydrazine groups is 1. The second kappa shape index (κ2) is 9.75. The fourth-order valence-electron chi connectivity index (χ4n) is 2.79. The molecule has 0 fully saturated rings. The number of benzene rings is 2. The first-order valence-corrected chi connectivity index (χ1v) is 9.36. The lowest BCUT2D eigenvalue weighted by atomic mass is 10.0. The third kappa shape index (κ3) is 5.72. The fourth-order valence-corrected chi connectivity index (χ4v) is 2.79. The number of hydrogen-bond donors (Lipinski definition) is 5. The number of aliphatic hydroxyl groups is 1.